The lowest BCUT2D eigenvalue weighted by Gasteiger charge is -2.20. The van der Waals surface area contributed by atoms with E-state index in [1.54, 1.807) is 43.3 Å². The lowest BCUT2D eigenvalue weighted by atomic mass is 9.90. The third-order valence-corrected chi connectivity index (χ3v) is 6.31. The second kappa shape index (κ2) is 8.69. The van der Waals surface area contributed by atoms with Crippen molar-refractivity contribution in [2.24, 2.45) is 0 Å². The highest BCUT2D eigenvalue weighted by atomic mass is 19.4. The first-order valence-corrected chi connectivity index (χ1v) is 11.0. The van der Waals surface area contributed by atoms with Crippen LogP contribution in [0.3, 0.4) is 0 Å². The fourth-order valence-corrected chi connectivity index (χ4v) is 4.67. The molecule has 1 heterocycles. The Hall–Kier alpha value is -3.82. The number of benzene rings is 4. The van der Waals surface area contributed by atoms with Crippen LogP contribution in [-0.2, 0) is 6.18 Å². The van der Waals surface area contributed by atoms with Gasteiger partial charge in [0.1, 0.15) is 17.9 Å². The van der Waals surface area contributed by atoms with Crippen LogP contribution < -0.4 is 10.6 Å². The number of carbonyl (C=O) groups is 1. The zero-order valence-corrected chi connectivity index (χ0v) is 18.8. The zero-order valence-electron chi connectivity index (χ0n) is 18.8. The van der Waals surface area contributed by atoms with Crippen LogP contribution in [0.5, 0.6) is 0 Å². The minimum Gasteiger partial charge on any atom is -0.374 e. The number of hydrogen-bond donors (Lipinski definition) is 3. The maximum atomic E-state index is 14.1. The van der Waals surface area contributed by atoms with Crippen molar-refractivity contribution in [3.8, 4) is 0 Å². The monoisotopic (exact) mass is 498 g/mol. The molecule has 184 valence electrons. The number of hydrogen-bond acceptors (Lipinski definition) is 3. The van der Waals surface area contributed by atoms with Crippen molar-refractivity contribution in [2.45, 2.75) is 25.4 Å². The number of alkyl halides is 3. The topological polar surface area (TPSA) is 61.4 Å². The van der Waals surface area contributed by atoms with E-state index in [9.17, 15) is 31.9 Å². The molecule has 1 aliphatic rings. The summed E-state index contributed by atoms with van der Waals surface area (Å²) >= 11 is 0. The van der Waals surface area contributed by atoms with Gasteiger partial charge in [-0.1, -0.05) is 30.3 Å². The van der Waals surface area contributed by atoms with Crippen LogP contribution in [0, 0.1) is 18.6 Å². The molecule has 0 fully saturated rings. The average Bonchev–Trinajstić information content (AvgIpc) is 3.17. The molecule has 4 aromatic rings. The SMILES string of the molecule is Cc1ccc(F)cc1C1NC(O)c2c1c(NC(=O)c1cc(F)cc(C(F)(F)F)c1)cc1ccccc21. The number of anilines is 1. The number of carbonyl (C=O) groups excluding carboxylic acids is 1. The fourth-order valence-electron chi connectivity index (χ4n) is 4.67. The summed E-state index contributed by atoms with van der Waals surface area (Å²) in [6.45, 7) is 1.77. The Morgan fingerprint density at radius 2 is 1.69 bits per heavy atom. The van der Waals surface area contributed by atoms with Crippen molar-refractivity contribution >= 4 is 22.4 Å². The quantitative estimate of drug-likeness (QED) is 0.287. The van der Waals surface area contributed by atoms with Crippen LogP contribution in [-0.4, -0.2) is 11.0 Å². The molecule has 0 radical (unpaired) electrons. The maximum Gasteiger partial charge on any atom is 0.416 e. The van der Waals surface area contributed by atoms with Crippen LogP contribution in [0.4, 0.5) is 27.6 Å². The molecule has 0 aromatic heterocycles. The smallest absolute Gasteiger partial charge is 0.374 e. The van der Waals surface area contributed by atoms with Crippen molar-refractivity contribution in [1.82, 2.24) is 5.32 Å². The van der Waals surface area contributed by atoms with E-state index in [4.69, 9.17) is 0 Å². The first-order chi connectivity index (χ1) is 17.0. The highest BCUT2D eigenvalue weighted by Gasteiger charge is 2.36. The molecule has 4 nitrogen and oxygen atoms in total. The minimum absolute atomic E-state index is 0.198. The highest BCUT2D eigenvalue weighted by Crippen LogP contribution is 2.45. The molecule has 1 amide bonds. The van der Waals surface area contributed by atoms with E-state index in [0.717, 1.165) is 5.56 Å². The Morgan fingerprint density at radius 3 is 2.44 bits per heavy atom. The van der Waals surface area contributed by atoms with Crippen LogP contribution in [0.2, 0.25) is 0 Å². The van der Waals surface area contributed by atoms with Gasteiger partial charge in [-0.2, -0.15) is 13.2 Å². The summed E-state index contributed by atoms with van der Waals surface area (Å²) in [7, 11) is 0. The van der Waals surface area contributed by atoms with E-state index < -0.39 is 47.1 Å². The fraction of sp³-hybridized carbons (Fsp3) is 0.148. The molecule has 2 unspecified atom stereocenters. The summed E-state index contributed by atoms with van der Waals surface area (Å²) in [6, 6.07) is 13.8. The standard InChI is InChI=1S/C27H19F5N2O2/c1-13-6-7-17(28)12-20(13)24-23-21(10-14-4-2-3-5-19(14)22(23)26(36)34-24)33-25(35)15-8-16(27(30,31)32)11-18(29)9-15/h2-12,24,26,34,36H,1H3,(H,33,35). The van der Waals surface area contributed by atoms with E-state index in [1.807, 2.05) is 0 Å². The Kier molecular flexibility index (Phi) is 5.77. The van der Waals surface area contributed by atoms with Gasteiger partial charge < -0.3 is 10.4 Å². The number of aryl methyl sites for hydroxylation is 1. The number of nitrogens with one attached hydrogen (secondary N) is 2. The van der Waals surface area contributed by atoms with Gasteiger partial charge in [0.15, 0.2) is 0 Å². The molecule has 0 saturated carbocycles. The van der Waals surface area contributed by atoms with Crippen molar-refractivity contribution in [3.05, 3.63) is 112 Å². The number of rotatable bonds is 3. The summed E-state index contributed by atoms with van der Waals surface area (Å²) in [5, 5.41) is 17.9. The van der Waals surface area contributed by atoms with Gasteiger partial charge in [-0.25, -0.2) is 8.78 Å². The largest absolute Gasteiger partial charge is 0.416 e. The second-order valence-corrected chi connectivity index (χ2v) is 8.66. The van der Waals surface area contributed by atoms with Gasteiger partial charge in [0.05, 0.1) is 11.6 Å². The van der Waals surface area contributed by atoms with Gasteiger partial charge in [0, 0.05) is 22.4 Å². The maximum absolute atomic E-state index is 14.1. The molecule has 0 saturated heterocycles. The molecule has 0 bridgehead atoms. The molecule has 1 aliphatic heterocycles. The number of aliphatic hydroxyl groups excluding tert-OH is 1. The van der Waals surface area contributed by atoms with Crippen LogP contribution in [0.25, 0.3) is 10.8 Å². The molecule has 3 N–H and O–H groups in total. The Bertz CT molecular complexity index is 1520. The first-order valence-electron chi connectivity index (χ1n) is 11.0. The van der Waals surface area contributed by atoms with Crippen molar-refractivity contribution in [2.75, 3.05) is 5.32 Å². The molecule has 5 rings (SSSR count). The van der Waals surface area contributed by atoms with Crippen LogP contribution in [0.1, 0.15) is 50.4 Å². The van der Waals surface area contributed by atoms with Crippen molar-refractivity contribution < 1.29 is 31.9 Å². The number of aliphatic hydroxyl groups is 1. The van der Waals surface area contributed by atoms with Crippen molar-refractivity contribution in [3.63, 3.8) is 0 Å². The van der Waals surface area contributed by atoms with Crippen LogP contribution >= 0.6 is 0 Å². The summed E-state index contributed by atoms with van der Waals surface area (Å²) in [5.74, 6) is -2.66. The third-order valence-electron chi connectivity index (χ3n) is 6.31. The Balaban J connectivity index is 1.66. The molecule has 0 spiro atoms. The number of halogens is 5. The molecule has 36 heavy (non-hydrogen) atoms. The molecule has 4 aromatic carbocycles. The predicted octanol–water partition coefficient (Wildman–Crippen LogP) is 6.38. The number of fused-ring (bicyclic) bond motifs is 3. The summed E-state index contributed by atoms with van der Waals surface area (Å²) < 4.78 is 67.6. The summed E-state index contributed by atoms with van der Waals surface area (Å²) in [5.41, 5.74) is 0.520. The highest BCUT2D eigenvalue weighted by molar-refractivity contribution is 6.06. The summed E-state index contributed by atoms with van der Waals surface area (Å²) in [6.07, 6.45) is -6.00. The molecular weight excluding hydrogens is 479 g/mol. The zero-order chi connectivity index (χ0) is 25.8. The first kappa shape index (κ1) is 23.9. The lowest BCUT2D eigenvalue weighted by molar-refractivity contribution is -0.137. The third kappa shape index (κ3) is 4.20. The van der Waals surface area contributed by atoms with E-state index in [2.05, 4.69) is 10.6 Å². The Labute approximate surface area is 202 Å². The normalized spacial score (nSPS) is 17.3. The van der Waals surface area contributed by atoms with Gasteiger partial charge in [-0.15, -0.1) is 0 Å². The lowest BCUT2D eigenvalue weighted by Crippen LogP contribution is -2.20. The van der Waals surface area contributed by atoms with E-state index in [1.165, 1.54) is 12.1 Å². The summed E-state index contributed by atoms with van der Waals surface area (Å²) in [4.78, 5) is 13.0. The van der Waals surface area contributed by atoms with E-state index in [0.29, 0.717) is 45.7 Å². The minimum atomic E-state index is -4.84. The van der Waals surface area contributed by atoms with Gasteiger partial charge in [-0.05, 0) is 65.2 Å². The average molecular weight is 498 g/mol. The molecule has 9 heteroatoms. The Morgan fingerprint density at radius 1 is 0.944 bits per heavy atom. The molecular formula is C27H19F5N2O2. The van der Waals surface area contributed by atoms with Gasteiger partial charge in [0.25, 0.3) is 5.91 Å². The van der Waals surface area contributed by atoms with Gasteiger partial charge >= 0.3 is 6.18 Å². The van der Waals surface area contributed by atoms with E-state index >= 15 is 0 Å². The van der Waals surface area contributed by atoms with Crippen molar-refractivity contribution in [1.29, 1.82) is 0 Å². The van der Waals surface area contributed by atoms with Crippen LogP contribution in [0.15, 0.2) is 66.7 Å². The predicted molar refractivity (Wildman–Crippen MR) is 124 cm³/mol. The van der Waals surface area contributed by atoms with E-state index in [-0.39, 0.29) is 5.69 Å². The van der Waals surface area contributed by atoms with Gasteiger partial charge in [-0.3, -0.25) is 10.1 Å². The molecule has 0 aliphatic carbocycles. The second-order valence-electron chi connectivity index (χ2n) is 8.66. The number of amides is 1. The van der Waals surface area contributed by atoms with Gasteiger partial charge in [0.2, 0.25) is 0 Å². The molecule has 2 atom stereocenters.